The van der Waals surface area contributed by atoms with Crippen LogP contribution in [0.5, 0.6) is 0 Å². The molecule has 222 valence electrons. The number of hydrogen-bond donors (Lipinski definition) is 2. The van der Waals surface area contributed by atoms with Crippen molar-refractivity contribution in [2.75, 3.05) is 70.7 Å². The maximum absolute atomic E-state index is 13.8. The summed E-state index contributed by atoms with van der Waals surface area (Å²) in [6.45, 7) is 5.37. The zero-order chi connectivity index (χ0) is 29.5. The molecule has 2 saturated heterocycles. The average Bonchev–Trinajstić information content (AvgIpc) is 3.38. The van der Waals surface area contributed by atoms with Crippen molar-refractivity contribution in [2.24, 2.45) is 5.73 Å². The van der Waals surface area contributed by atoms with Gasteiger partial charge in [0.2, 0.25) is 5.91 Å². The first kappa shape index (κ1) is 29.3. The summed E-state index contributed by atoms with van der Waals surface area (Å²) in [5.41, 5.74) is 10.3. The number of hydrogen-bond acceptors (Lipinski definition) is 8. The van der Waals surface area contributed by atoms with Crippen LogP contribution < -0.4 is 10.6 Å². The van der Waals surface area contributed by atoms with E-state index in [-0.39, 0.29) is 43.1 Å². The van der Waals surface area contributed by atoms with Crippen molar-refractivity contribution >= 4 is 34.9 Å². The van der Waals surface area contributed by atoms with E-state index in [0.29, 0.717) is 76.7 Å². The van der Waals surface area contributed by atoms with Crippen molar-refractivity contribution in [2.45, 2.75) is 19.3 Å². The molecule has 11 heteroatoms. The van der Waals surface area contributed by atoms with Crippen molar-refractivity contribution in [3.63, 3.8) is 0 Å². The van der Waals surface area contributed by atoms with Gasteiger partial charge in [0.1, 0.15) is 12.4 Å². The Labute approximate surface area is 245 Å². The molecule has 0 aromatic heterocycles. The Balaban J connectivity index is 1.21. The molecule has 3 aliphatic heterocycles. The third kappa shape index (κ3) is 6.97. The summed E-state index contributed by atoms with van der Waals surface area (Å²) in [5, 5.41) is 7.64. The minimum atomic E-state index is -0.344. The van der Waals surface area contributed by atoms with E-state index >= 15 is 0 Å². The second-order valence-electron chi connectivity index (χ2n) is 10.4. The number of rotatable bonds is 10. The number of amides is 2. The van der Waals surface area contributed by atoms with Crippen LogP contribution in [0.15, 0.2) is 54.2 Å². The zero-order valence-electron chi connectivity index (χ0n) is 23.7. The summed E-state index contributed by atoms with van der Waals surface area (Å²) in [6.07, 6.45) is 0.872. The number of aryl methyl sites for hydroxylation is 1. The summed E-state index contributed by atoms with van der Waals surface area (Å²) < 4.78 is 16.1. The van der Waals surface area contributed by atoms with E-state index < -0.39 is 0 Å². The number of ether oxygens (including phenoxy) is 3. The monoisotopic (exact) mass is 575 g/mol. The van der Waals surface area contributed by atoms with Gasteiger partial charge in [-0.15, -0.1) is 0 Å². The molecule has 0 atom stereocenters. The van der Waals surface area contributed by atoms with E-state index in [0.717, 1.165) is 22.5 Å². The molecular weight excluding hydrogens is 538 g/mol. The highest BCUT2D eigenvalue weighted by Gasteiger charge is 2.35. The number of nitrogens with two attached hydrogens (primary N) is 1. The Hall–Kier alpha value is -4.22. The molecule has 3 aliphatic rings. The Morgan fingerprint density at radius 1 is 0.881 bits per heavy atom. The fourth-order valence-electron chi connectivity index (χ4n) is 5.35. The number of nitrogens with one attached hydrogen (secondary N) is 1. The van der Waals surface area contributed by atoms with Crippen molar-refractivity contribution in [1.29, 1.82) is 5.41 Å². The van der Waals surface area contributed by atoms with Gasteiger partial charge < -0.3 is 34.6 Å². The van der Waals surface area contributed by atoms with Crippen LogP contribution in [0.3, 0.4) is 0 Å². The van der Waals surface area contributed by atoms with Gasteiger partial charge in [-0.2, -0.15) is 0 Å². The topological polar surface area (TPSA) is 138 Å². The number of esters is 1. The van der Waals surface area contributed by atoms with Gasteiger partial charge in [-0.05, 0) is 41.8 Å². The second-order valence-corrected chi connectivity index (χ2v) is 10.4. The van der Waals surface area contributed by atoms with Crippen molar-refractivity contribution in [1.82, 2.24) is 9.80 Å². The van der Waals surface area contributed by atoms with Gasteiger partial charge in [0.25, 0.3) is 5.91 Å². The van der Waals surface area contributed by atoms with Crippen LogP contribution in [-0.4, -0.2) is 99.2 Å². The second kappa shape index (κ2) is 13.6. The van der Waals surface area contributed by atoms with E-state index in [4.69, 9.17) is 25.4 Å². The zero-order valence-corrected chi connectivity index (χ0v) is 23.7. The molecule has 0 spiro atoms. The average molecular weight is 576 g/mol. The van der Waals surface area contributed by atoms with Crippen LogP contribution in [0, 0.1) is 5.41 Å². The molecule has 0 saturated carbocycles. The standard InChI is InChI=1S/C31H37N5O6/c32-30(33)24-6-8-25(9-7-24)36-21-26(34-12-17-40-18-13-34)29(31(36)39)23-4-1-22(2-5-23)3-10-28(38)42-16-11-27(37)35-14-19-41-20-15-35/h1-2,4-9H,3,10-21H2,(H3,32,33). The Morgan fingerprint density at radius 3 is 2.17 bits per heavy atom. The first-order chi connectivity index (χ1) is 20.4. The number of morpholine rings is 2. The summed E-state index contributed by atoms with van der Waals surface area (Å²) in [6, 6.07) is 14.9. The first-order valence-corrected chi connectivity index (χ1v) is 14.3. The molecule has 0 aliphatic carbocycles. The van der Waals surface area contributed by atoms with Crippen LogP contribution >= 0.6 is 0 Å². The lowest BCUT2D eigenvalue weighted by molar-refractivity contribution is -0.146. The van der Waals surface area contributed by atoms with Gasteiger partial charge in [-0.1, -0.05) is 24.3 Å². The van der Waals surface area contributed by atoms with Gasteiger partial charge >= 0.3 is 5.97 Å². The van der Waals surface area contributed by atoms with E-state index in [9.17, 15) is 14.4 Å². The number of benzene rings is 2. The minimum Gasteiger partial charge on any atom is -0.465 e. The summed E-state index contributed by atoms with van der Waals surface area (Å²) in [4.78, 5) is 44.0. The summed E-state index contributed by atoms with van der Waals surface area (Å²) in [5.74, 6) is -0.478. The maximum Gasteiger partial charge on any atom is 0.306 e. The molecule has 2 fully saturated rings. The van der Waals surface area contributed by atoms with Crippen LogP contribution in [0.1, 0.15) is 29.5 Å². The molecule has 0 bridgehead atoms. The minimum absolute atomic E-state index is 0.0191. The molecule has 0 unspecified atom stereocenters. The Morgan fingerprint density at radius 2 is 1.52 bits per heavy atom. The first-order valence-electron chi connectivity index (χ1n) is 14.3. The van der Waals surface area contributed by atoms with E-state index in [1.807, 2.05) is 36.4 Å². The highest BCUT2D eigenvalue weighted by Crippen LogP contribution is 2.34. The van der Waals surface area contributed by atoms with Gasteiger partial charge in [0.05, 0.1) is 45.0 Å². The predicted molar refractivity (Wildman–Crippen MR) is 157 cm³/mol. The lowest BCUT2D eigenvalue weighted by Crippen LogP contribution is -2.41. The molecule has 3 N–H and O–H groups in total. The van der Waals surface area contributed by atoms with Crippen LogP contribution in [0.25, 0.3) is 5.57 Å². The molecule has 42 heavy (non-hydrogen) atoms. The SMILES string of the molecule is N=C(N)c1ccc(N2CC(N3CCOCC3)=C(c3ccc(CCC(=O)OCCC(=O)N4CCOCC4)cc3)C2=O)cc1. The number of anilines is 1. The predicted octanol–water partition coefficient (Wildman–Crippen LogP) is 1.79. The number of amidine groups is 1. The summed E-state index contributed by atoms with van der Waals surface area (Å²) >= 11 is 0. The molecule has 11 nitrogen and oxygen atoms in total. The molecule has 2 amide bonds. The number of nitrogen functional groups attached to an aromatic ring is 1. The van der Waals surface area contributed by atoms with Crippen LogP contribution in [0.4, 0.5) is 5.69 Å². The number of nitrogens with zero attached hydrogens (tertiary/aromatic N) is 3. The fourth-order valence-corrected chi connectivity index (χ4v) is 5.35. The molecule has 0 radical (unpaired) electrons. The van der Waals surface area contributed by atoms with E-state index in [2.05, 4.69) is 4.90 Å². The van der Waals surface area contributed by atoms with Crippen molar-refractivity contribution in [3.05, 3.63) is 70.9 Å². The van der Waals surface area contributed by atoms with E-state index in [1.165, 1.54) is 0 Å². The van der Waals surface area contributed by atoms with E-state index in [1.54, 1.807) is 21.9 Å². The van der Waals surface area contributed by atoms with Crippen molar-refractivity contribution < 1.29 is 28.6 Å². The molecular formula is C31H37N5O6. The molecule has 5 rings (SSSR count). The molecule has 3 heterocycles. The highest BCUT2D eigenvalue weighted by molar-refractivity contribution is 6.29. The number of carbonyl (C=O) groups excluding carboxylic acids is 3. The van der Waals surface area contributed by atoms with Gasteiger partial charge in [0, 0.05) is 49.5 Å². The van der Waals surface area contributed by atoms with Gasteiger partial charge in [-0.3, -0.25) is 19.8 Å². The fraction of sp³-hybridized carbons (Fsp3) is 0.419. The van der Waals surface area contributed by atoms with Gasteiger partial charge in [0.15, 0.2) is 0 Å². The normalized spacial score (nSPS) is 17.5. The lowest BCUT2D eigenvalue weighted by atomic mass is 10.0. The third-order valence-electron chi connectivity index (χ3n) is 7.74. The third-order valence-corrected chi connectivity index (χ3v) is 7.74. The maximum atomic E-state index is 13.8. The quantitative estimate of drug-likeness (QED) is 0.248. The largest absolute Gasteiger partial charge is 0.465 e. The highest BCUT2D eigenvalue weighted by atomic mass is 16.5. The molecule has 2 aromatic carbocycles. The summed E-state index contributed by atoms with van der Waals surface area (Å²) in [7, 11) is 0. The lowest BCUT2D eigenvalue weighted by Gasteiger charge is -2.30. The molecule has 2 aromatic rings. The van der Waals surface area contributed by atoms with Crippen LogP contribution in [-0.2, 0) is 35.0 Å². The number of carbonyl (C=O) groups is 3. The van der Waals surface area contributed by atoms with Crippen molar-refractivity contribution in [3.8, 4) is 0 Å². The van der Waals surface area contributed by atoms with Crippen LogP contribution in [0.2, 0.25) is 0 Å². The smallest absolute Gasteiger partial charge is 0.306 e. The Kier molecular flexibility index (Phi) is 9.50. The Bertz CT molecular complexity index is 1330. The van der Waals surface area contributed by atoms with Gasteiger partial charge in [-0.25, -0.2) is 0 Å².